The van der Waals surface area contributed by atoms with E-state index in [4.69, 9.17) is 0 Å². The molecule has 0 aliphatic carbocycles. The molecule has 0 spiro atoms. The van der Waals surface area contributed by atoms with Crippen molar-refractivity contribution in [1.82, 2.24) is 0 Å². The van der Waals surface area contributed by atoms with Crippen LogP contribution in [0.3, 0.4) is 0 Å². The number of hydrogen-bond acceptors (Lipinski definition) is 3. The molecule has 0 aromatic heterocycles. The highest BCUT2D eigenvalue weighted by Gasteiger charge is 2.48. The summed E-state index contributed by atoms with van der Waals surface area (Å²) in [6.07, 6.45) is -3.48. The lowest BCUT2D eigenvalue weighted by molar-refractivity contribution is -0.140. The van der Waals surface area contributed by atoms with E-state index in [0.29, 0.717) is 25.0 Å². The van der Waals surface area contributed by atoms with E-state index in [2.05, 4.69) is 0 Å². The number of benzene rings is 1. The van der Waals surface area contributed by atoms with E-state index >= 15 is 0 Å². The molecule has 2 bridgehead atoms. The Morgan fingerprint density at radius 3 is 2.25 bits per heavy atom. The summed E-state index contributed by atoms with van der Waals surface area (Å²) in [7, 11) is -3.15. The van der Waals surface area contributed by atoms with Crippen LogP contribution in [0.2, 0.25) is 0 Å². The predicted octanol–water partition coefficient (Wildman–Crippen LogP) is 3.31. The van der Waals surface area contributed by atoms with Gasteiger partial charge in [-0.2, -0.15) is 13.2 Å². The second kappa shape index (κ2) is 5.82. The van der Waals surface area contributed by atoms with Crippen molar-refractivity contribution in [3.05, 3.63) is 35.1 Å². The van der Waals surface area contributed by atoms with Crippen LogP contribution in [0.4, 0.5) is 17.6 Å². The molecule has 3 nitrogen and oxygen atoms in total. The molecule has 2 atom stereocenters. The molecule has 1 aromatic carbocycles. The summed E-state index contributed by atoms with van der Waals surface area (Å²) in [5, 5.41) is -1.02. The predicted molar refractivity (Wildman–Crippen MR) is 78.6 cm³/mol. The normalized spacial score (nSPS) is 28.8. The van der Waals surface area contributed by atoms with Gasteiger partial charge >= 0.3 is 6.18 Å². The number of fused-ring (bicyclic) bond motifs is 2. The molecule has 2 saturated heterocycles. The highest BCUT2D eigenvalue weighted by Crippen LogP contribution is 2.41. The lowest BCUT2D eigenvalue weighted by atomic mass is 9.90. The van der Waals surface area contributed by atoms with Crippen LogP contribution in [0.1, 0.15) is 36.8 Å². The van der Waals surface area contributed by atoms with Crippen molar-refractivity contribution in [2.75, 3.05) is 0 Å². The first-order valence-electron chi connectivity index (χ1n) is 7.70. The number of rotatable bonds is 3. The van der Waals surface area contributed by atoms with E-state index in [0.717, 1.165) is 6.07 Å². The number of alkyl halides is 3. The third-order valence-corrected chi connectivity index (χ3v) is 7.72. The second-order valence-corrected chi connectivity index (χ2v) is 9.05. The Morgan fingerprint density at radius 2 is 1.71 bits per heavy atom. The number of ketones is 1. The first kappa shape index (κ1) is 17.4. The Hall–Kier alpha value is -1.44. The van der Waals surface area contributed by atoms with Crippen molar-refractivity contribution in [1.29, 1.82) is 0 Å². The van der Waals surface area contributed by atoms with Crippen LogP contribution >= 0.6 is 0 Å². The molecule has 0 radical (unpaired) electrons. The molecule has 0 amide bonds. The van der Waals surface area contributed by atoms with Gasteiger partial charge in [0.05, 0.1) is 16.1 Å². The largest absolute Gasteiger partial charge is 0.419 e. The Kier molecular flexibility index (Phi) is 4.22. The lowest BCUT2D eigenvalue weighted by Gasteiger charge is -2.27. The number of halogens is 4. The van der Waals surface area contributed by atoms with E-state index < -0.39 is 43.8 Å². The van der Waals surface area contributed by atoms with Crippen molar-refractivity contribution in [2.45, 2.75) is 48.8 Å². The summed E-state index contributed by atoms with van der Waals surface area (Å²) in [4.78, 5) is 12.4. The molecule has 2 aliphatic rings. The SMILES string of the molecule is O=C(Cc1ccc(F)c(C(F)(F)F)c1)C1CC2CCC(C1)S2(=O)=O. The number of carbonyl (C=O) groups excluding carboxylic acids is 1. The summed E-state index contributed by atoms with van der Waals surface area (Å²) in [6.45, 7) is 0. The Morgan fingerprint density at radius 1 is 1.12 bits per heavy atom. The van der Waals surface area contributed by atoms with Gasteiger partial charge in [-0.3, -0.25) is 4.79 Å². The fourth-order valence-electron chi connectivity index (χ4n) is 3.72. The third kappa shape index (κ3) is 3.08. The maximum atomic E-state index is 13.3. The molecule has 2 aliphatic heterocycles. The van der Waals surface area contributed by atoms with Crippen molar-refractivity contribution < 1.29 is 30.8 Å². The van der Waals surface area contributed by atoms with Crippen LogP contribution in [0.15, 0.2) is 18.2 Å². The number of sulfone groups is 1. The van der Waals surface area contributed by atoms with Crippen LogP contribution in [-0.2, 0) is 27.2 Å². The quantitative estimate of drug-likeness (QED) is 0.774. The maximum absolute atomic E-state index is 13.3. The molecule has 1 aromatic rings. The smallest absolute Gasteiger partial charge is 0.299 e. The average Bonchev–Trinajstić information content (AvgIpc) is 2.67. The van der Waals surface area contributed by atoms with Crippen molar-refractivity contribution >= 4 is 15.6 Å². The van der Waals surface area contributed by atoms with Crippen molar-refractivity contribution in [3.8, 4) is 0 Å². The monoisotopic (exact) mass is 364 g/mol. The molecular weight excluding hydrogens is 348 g/mol. The summed E-state index contributed by atoms with van der Waals surface area (Å²) < 4.78 is 75.5. The van der Waals surface area contributed by atoms with E-state index in [-0.39, 0.29) is 30.6 Å². The maximum Gasteiger partial charge on any atom is 0.419 e. The molecule has 2 fully saturated rings. The summed E-state index contributed by atoms with van der Waals surface area (Å²) in [5.74, 6) is -2.10. The van der Waals surface area contributed by atoms with Gasteiger partial charge in [0.15, 0.2) is 9.84 Å². The van der Waals surface area contributed by atoms with Gasteiger partial charge in [0, 0.05) is 12.3 Å². The molecule has 0 saturated carbocycles. The summed E-state index contributed by atoms with van der Waals surface area (Å²) in [6, 6.07) is 2.53. The van der Waals surface area contributed by atoms with E-state index in [1.54, 1.807) is 0 Å². The fraction of sp³-hybridized carbons (Fsp3) is 0.562. The molecule has 8 heteroatoms. The molecule has 0 N–H and O–H groups in total. The number of hydrogen-bond donors (Lipinski definition) is 0. The van der Waals surface area contributed by atoms with Crippen LogP contribution < -0.4 is 0 Å². The number of carbonyl (C=O) groups is 1. The van der Waals surface area contributed by atoms with Gasteiger partial charge in [0.2, 0.25) is 0 Å². The Bertz CT molecular complexity index is 750. The third-order valence-electron chi connectivity index (χ3n) is 5.00. The zero-order chi connectivity index (χ0) is 17.7. The van der Waals surface area contributed by atoms with E-state index in [1.807, 2.05) is 0 Å². The van der Waals surface area contributed by atoms with Gasteiger partial charge in [-0.15, -0.1) is 0 Å². The lowest BCUT2D eigenvalue weighted by Crippen LogP contribution is -2.36. The van der Waals surface area contributed by atoms with Gasteiger partial charge in [-0.1, -0.05) is 6.07 Å². The first-order chi connectivity index (χ1) is 11.1. The fourth-order valence-corrected chi connectivity index (χ4v) is 6.19. The zero-order valence-electron chi connectivity index (χ0n) is 12.6. The minimum atomic E-state index is -4.82. The van der Waals surface area contributed by atoms with Crippen LogP contribution in [0.5, 0.6) is 0 Å². The van der Waals surface area contributed by atoms with Gasteiger partial charge in [-0.05, 0) is 43.4 Å². The van der Waals surface area contributed by atoms with Crippen molar-refractivity contribution in [2.24, 2.45) is 5.92 Å². The molecule has 2 unspecified atom stereocenters. The second-order valence-electron chi connectivity index (χ2n) is 6.53. The minimum absolute atomic E-state index is 0.0921. The molecule has 3 rings (SSSR count). The van der Waals surface area contributed by atoms with Gasteiger partial charge in [-0.25, -0.2) is 12.8 Å². The van der Waals surface area contributed by atoms with Crippen LogP contribution in [-0.4, -0.2) is 24.7 Å². The van der Waals surface area contributed by atoms with Gasteiger partial charge < -0.3 is 0 Å². The van der Waals surface area contributed by atoms with Crippen LogP contribution in [0.25, 0.3) is 0 Å². The molecule has 2 heterocycles. The summed E-state index contributed by atoms with van der Waals surface area (Å²) >= 11 is 0. The highest BCUT2D eigenvalue weighted by atomic mass is 32.2. The van der Waals surface area contributed by atoms with Crippen molar-refractivity contribution in [3.63, 3.8) is 0 Å². The zero-order valence-corrected chi connectivity index (χ0v) is 13.5. The number of Topliss-reactive ketones (excluding diaryl/α,β-unsaturated/α-hetero) is 1. The molecular formula is C16H16F4O3S. The van der Waals surface area contributed by atoms with Gasteiger partial charge in [0.1, 0.15) is 11.6 Å². The molecule has 24 heavy (non-hydrogen) atoms. The first-order valence-corrected chi connectivity index (χ1v) is 9.31. The molecule has 132 valence electrons. The van der Waals surface area contributed by atoms with Crippen LogP contribution in [0, 0.1) is 11.7 Å². The Balaban J connectivity index is 1.75. The Labute approximate surface area is 137 Å². The standard InChI is InChI=1S/C16H16F4O3S/c17-14-4-1-9(5-13(14)16(18,19)20)6-15(21)10-7-11-2-3-12(8-10)24(11,22)23/h1,4-5,10-12H,2-3,6-8H2. The summed E-state index contributed by atoms with van der Waals surface area (Å²) in [5.41, 5.74) is -1.30. The highest BCUT2D eigenvalue weighted by molar-refractivity contribution is 7.93. The van der Waals surface area contributed by atoms with Gasteiger partial charge in [0.25, 0.3) is 0 Å². The average molecular weight is 364 g/mol. The van der Waals surface area contributed by atoms with E-state index in [1.165, 1.54) is 0 Å². The topological polar surface area (TPSA) is 51.2 Å². The van der Waals surface area contributed by atoms with E-state index in [9.17, 15) is 30.8 Å². The minimum Gasteiger partial charge on any atom is -0.299 e.